The van der Waals surface area contributed by atoms with Gasteiger partial charge in [-0.05, 0) is 29.8 Å². The Morgan fingerprint density at radius 1 is 1.29 bits per heavy atom. The Morgan fingerprint density at radius 3 is 2.79 bits per heavy atom. The molecule has 2 aromatic heterocycles. The standard InChI is InChI=1S/C19H15Cl2F2N3O2/c1-19(22,23)15-7-6-13(28-15)11-26-10-9-16(25-26)24-17(27)8-5-12-3-2-4-14(20)18(12)21/h2-10H,11H2,1H3,(H,24,25,27)/b8-5+. The summed E-state index contributed by atoms with van der Waals surface area (Å²) in [6.07, 6.45) is 4.44. The molecule has 0 radical (unpaired) electrons. The molecule has 0 saturated heterocycles. The summed E-state index contributed by atoms with van der Waals surface area (Å²) in [5.41, 5.74) is 0.608. The van der Waals surface area contributed by atoms with Gasteiger partial charge in [0.15, 0.2) is 11.6 Å². The first-order valence-corrected chi connectivity index (χ1v) is 8.91. The van der Waals surface area contributed by atoms with E-state index in [1.165, 1.54) is 29.0 Å². The second-order valence-corrected chi connectivity index (χ2v) is 6.80. The number of carbonyl (C=O) groups excluding carboxylic acids is 1. The number of halogens is 4. The molecule has 1 aromatic carbocycles. The summed E-state index contributed by atoms with van der Waals surface area (Å²) in [6.45, 7) is 0.918. The summed E-state index contributed by atoms with van der Waals surface area (Å²) in [6, 6.07) is 9.37. The molecule has 0 atom stereocenters. The van der Waals surface area contributed by atoms with Gasteiger partial charge in [0.1, 0.15) is 5.76 Å². The minimum absolute atomic E-state index is 0.153. The lowest BCUT2D eigenvalue weighted by Gasteiger charge is -2.05. The highest BCUT2D eigenvalue weighted by atomic mass is 35.5. The number of amides is 1. The van der Waals surface area contributed by atoms with Gasteiger partial charge >= 0.3 is 5.92 Å². The maximum atomic E-state index is 13.2. The number of alkyl halides is 2. The Balaban J connectivity index is 1.61. The van der Waals surface area contributed by atoms with Crippen molar-refractivity contribution in [3.8, 4) is 0 Å². The second kappa shape index (κ2) is 8.16. The minimum Gasteiger partial charge on any atom is -0.458 e. The first-order valence-electron chi connectivity index (χ1n) is 8.16. The van der Waals surface area contributed by atoms with Gasteiger partial charge in [0.2, 0.25) is 5.91 Å². The molecule has 0 aliphatic carbocycles. The third kappa shape index (κ3) is 4.99. The van der Waals surface area contributed by atoms with Gasteiger partial charge in [0.25, 0.3) is 0 Å². The smallest absolute Gasteiger partial charge is 0.301 e. The number of nitrogens with one attached hydrogen (secondary N) is 1. The van der Waals surface area contributed by atoms with Crippen LogP contribution in [-0.2, 0) is 17.3 Å². The summed E-state index contributed by atoms with van der Waals surface area (Å²) < 4.78 is 33.0. The van der Waals surface area contributed by atoms with Crippen molar-refractivity contribution < 1.29 is 18.0 Å². The van der Waals surface area contributed by atoms with Crippen molar-refractivity contribution in [3.63, 3.8) is 0 Å². The number of nitrogens with zero attached hydrogens (tertiary/aromatic N) is 2. The fraction of sp³-hybridized carbons (Fsp3) is 0.158. The Morgan fingerprint density at radius 2 is 2.07 bits per heavy atom. The van der Waals surface area contributed by atoms with Gasteiger partial charge in [0.05, 0.1) is 16.6 Å². The monoisotopic (exact) mass is 425 g/mol. The lowest BCUT2D eigenvalue weighted by atomic mass is 10.2. The second-order valence-electron chi connectivity index (χ2n) is 6.02. The van der Waals surface area contributed by atoms with Crippen LogP contribution in [0.2, 0.25) is 10.0 Å². The zero-order valence-corrected chi connectivity index (χ0v) is 16.1. The van der Waals surface area contributed by atoms with Crippen molar-refractivity contribution in [1.82, 2.24) is 9.78 Å². The highest BCUT2D eigenvalue weighted by Crippen LogP contribution is 2.29. The largest absolute Gasteiger partial charge is 0.458 e. The Labute approximate surface area is 169 Å². The number of hydrogen-bond donors (Lipinski definition) is 1. The molecule has 5 nitrogen and oxygen atoms in total. The summed E-state index contributed by atoms with van der Waals surface area (Å²) >= 11 is 12.0. The van der Waals surface area contributed by atoms with Crippen LogP contribution in [-0.4, -0.2) is 15.7 Å². The normalized spacial score (nSPS) is 11.9. The lowest BCUT2D eigenvalue weighted by molar-refractivity contribution is -0.111. The van der Waals surface area contributed by atoms with E-state index in [4.69, 9.17) is 27.6 Å². The summed E-state index contributed by atoms with van der Waals surface area (Å²) in [4.78, 5) is 12.0. The molecule has 0 unspecified atom stereocenters. The Kier molecular flexibility index (Phi) is 5.86. The first-order chi connectivity index (χ1) is 13.2. The average Bonchev–Trinajstić information content (AvgIpc) is 3.26. The van der Waals surface area contributed by atoms with E-state index in [-0.39, 0.29) is 6.54 Å². The van der Waals surface area contributed by atoms with Gasteiger partial charge in [-0.2, -0.15) is 13.9 Å². The van der Waals surface area contributed by atoms with Gasteiger partial charge < -0.3 is 9.73 Å². The predicted octanol–water partition coefficient (Wildman–Crippen LogP) is 5.59. The quantitative estimate of drug-likeness (QED) is 0.523. The summed E-state index contributed by atoms with van der Waals surface area (Å²) in [5, 5.41) is 7.51. The number of anilines is 1. The number of benzene rings is 1. The molecule has 0 saturated carbocycles. The van der Waals surface area contributed by atoms with Crippen LogP contribution < -0.4 is 5.32 Å². The van der Waals surface area contributed by atoms with Crippen molar-refractivity contribution >= 4 is 41.0 Å². The van der Waals surface area contributed by atoms with E-state index in [1.807, 2.05) is 0 Å². The molecule has 146 valence electrons. The molecule has 28 heavy (non-hydrogen) atoms. The van der Waals surface area contributed by atoms with Gasteiger partial charge in [-0.25, -0.2) is 0 Å². The maximum absolute atomic E-state index is 13.2. The van der Waals surface area contributed by atoms with E-state index >= 15 is 0 Å². The number of rotatable bonds is 6. The Hall–Kier alpha value is -2.64. The van der Waals surface area contributed by atoms with Gasteiger partial charge in [-0.3, -0.25) is 9.48 Å². The molecule has 3 aromatic rings. The topological polar surface area (TPSA) is 60.1 Å². The van der Waals surface area contributed by atoms with Crippen LogP contribution in [0.25, 0.3) is 6.08 Å². The van der Waals surface area contributed by atoms with Crippen molar-refractivity contribution in [1.29, 1.82) is 0 Å². The van der Waals surface area contributed by atoms with Crippen LogP contribution in [0.15, 0.2) is 53.1 Å². The van der Waals surface area contributed by atoms with Crippen molar-refractivity contribution in [2.45, 2.75) is 19.4 Å². The zero-order chi connectivity index (χ0) is 20.3. The third-order valence-electron chi connectivity index (χ3n) is 3.70. The molecule has 9 heteroatoms. The van der Waals surface area contributed by atoms with E-state index in [2.05, 4.69) is 10.4 Å². The molecule has 2 heterocycles. The molecule has 1 amide bonds. The van der Waals surface area contributed by atoms with Crippen LogP contribution >= 0.6 is 23.2 Å². The number of furan rings is 1. The van der Waals surface area contributed by atoms with E-state index in [9.17, 15) is 13.6 Å². The average molecular weight is 426 g/mol. The number of aromatic nitrogens is 2. The Bertz CT molecular complexity index is 1020. The maximum Gasteiger partial charge on any atom is 0.301 e. The molecule has 1 N–H and O–H groups in total. The van der Waals surface area contributed by atoms with E-state index in [1.54, 1.807) is 30.5 Å². The van der Waals surface area contributed by atoms with E-state index in [0.29, 0.717) is 27.2 Å². The highest BCUT2D eigenvalue weighted by Gasteiger charge is 2.28. The summed E-state index contributed by atoms with van der Waals surface area (Å²) in [5.74, 6) is -3.23. The highest BCUT2D eigenvalue weighted by molar-refractivity contribution is 6.42. The van der Waals surface area contributed by atoms with Gasteiger partial charge in [-0.1, -0.05) is 35.3 Å². The number of carbonyl (C=O) groups is 1. The zero-order valence-electron chi connectivity index (χ0n) is 14.6. The first kappa shape index (κ1) is 20.1. The van der Waals surface area contributed by atoms with Crippen molar-refractivity contribution in [3.05, 3.63) is 75.8 Å². The van der Waals surface area contributed by atoms with Crippen molar-refractivity contribution in [2.24, 2.45) is 0 Å². The van der Waals surface area contributed by atoms with E-state index in [0.717, 1.165) is 6.92 Å². The fourth-order valence-corrected chi connectivity index (χ4v) is 2.73. The molecule has 0 aliphatic heterocycles. The molecule has 0 fully saturated rings. The van der Waals surface area contributed by atoms with Crippen molar-refractivity contribution in [2.75, 3.05) is 5.32 Å². The van der Waals surface area contributed by atoms with Crippen LogP contribution in [0, 0.1) is 0 Å². The fourth-order valence-electron chi connectivity index (χ4n) is 2.36. The van der Waals surface area contributed by atoms with Crippen LogP contribution in [0.3, 0.4) is 0 Å². The molecule has 0 aliphatic rings. The molecule has 0 bridgehead atoms. The van der Waals surface area contributed by atoms with Gasteiger partial charge in [-0.15, -0.1) is 0 Å². The van der Waals surface area contributed by atoms with Gasteiger partial charge in [0, 0.05) is 25.3 Å². The molecule has 3 rings (SSSR count). The van der Waals surface area contributed by atoms with Crippen LogP contribution in [0.4, 0.5) is 14.6 Å². The SMILES string of the molecule is CC(F)(F)c1ccc(Cn2ccc(NC(=O)/C=C/c3cccc(Cl)c3Cl)n2)o1. The third-order valence-corrected chi connectivity index (χ3v) is 4.53. The van der Waals surface area contributed by atoms with Crippen LogP contribution in [0.1, 0.15) is 24.0 Å². The molecular weight excluding hydrogens is 411 g/mol. The predicted molar refractivity (Wildman–Crippen MR) is 104 cm³/mol. The number of hydrogen-bond acceptors (Lipinski definition) is 3. The summed E-state index contributed by atoms with van der Waals surface area (Å²) in [7, 11) is 0. The lowest BCUT2D eigenvalue weighted by Crippen LogP contribution is -2.09. The van der Waals surface area contributed by atoms with Crippen LogP contribution in [0.5, 0.6) is 0 Å². The van der Waals surface area contributed by atoms with E-state index < -0.39 is 17.6 Å². The molecule has 0 spiro atoms. The molecular formula is C19H15Cl2F2N3O2. The minimum atomic E-state index is -3.04.